The van der Waals surface area contributed by atoms with Gasteiger partial charge in [-0.1, -0.05) is 11.8 Å². The Morgan fingerprint density at radius 2 is 2.22 bits per heavy atom. The summed E-state index contributed by atoms with van der Waals surface area (Å²) in [4.78, 5) is 30.5. The first-order valence-electron chi connectivity index (χ1n) is 10.0. The molecule has 3 aromatic heterocycles. The number of aryl methyl sites for hydroxylation is 1. The van der Waals surface area contributed by atoms with E-state index in [9.17, 15) is 4.79 Å². The molecule has 0 aliphatic carbocycles. The van der Waals surface area contributed by atoms with Crippen molar-refractivity contribution in [2.75, 3.05) is 23.2 Å². The lowest BCUT2D eigenvalue weighted by molar-refractivity contribution is -0.116. The Kier molecular flexibility index (Phi) is 5.35. The van der Waals surface area contributed by atoms with Crippen molar-refractivity contribution in [3.63, 3.8) is 0 Å². The predicted octanol–water partition coefficient (Wildman–Crippen LogP) is 2.60. The van der Waals surface area contributed by atoms with E-state index in [2.05, 4.69) is 30.7 Å². The second-order valence-electron chi connectivity index (χ2n) is 7.61. The smallest absolute Gasteiger partial charge is 0.239 e. The van der Waals surface area contributed by atoms with Crippen LogP contribution in [0.2, 0.25) is 0 Å². The largest absolute Gasteiger partial charge is 0.496 e. The summed E-state index contributed by atoms with van der Waals surface area (Å²) in [7, 11) is 1.66. The first-order chi connectivity index (χ1) is 15.4. The highest BCUT2D eigenvalue weighted by Crippen LogP contribution is 2.47. The number of hydrazine groups is 1. The number of aromatic nitrogens is 4. The highest BCUT2D eigenvalue weighted by atomic mass is 32.2. The fraction of sp³-hybridized carbons (Fsp3) is 0.350. The zero-order chi connectivity index (χ0) is 22.4. The molecular weight excluding hydrogens is 448 g/mol. The van der Waals surface area contributed by atoms with Crippen molar-refractivity contribution >= 4 is 45.9 Å². The number of rotatable bonds is 5. The summed E-state index contributed by atoms with van der Waals surface area (Å²) in [6, 6.07) is -0.0958. The van der Waals surface area contributed by atoms with Crippen LogP contribution in [-0.4, -0.2) is 38.2 Å². The maximum Gasteiger partial charge on any atom is 0.239 e. The molecule has 0 bridgehead atoms. The lowest BCUT2D eigenvalue weighted by atomic mass is 10.0. The van der Waals surface area contributed by atoms with Gasteiger partial charge in [-0.25, -0.2) is 15.4 Å². The third-order valence-electron chi connectivity index (χ3n) is 5.54. The highest BCUT2D eigenvalue weighted by Gasteiger charge is 2.42. The minimum absolute atomic E-state index is 0.0958. The molecule has 5 heterocycles. The van der Waals surface area contributed by atoms with Gasteiger partial charge in [-0.2, -0.15) is 4.98 Å². The first-order valence-corrected chi connectivity index (χ1v) is 11.8. The third kappa shape index (κ3) is 3.63. The molecule has 5 rings (SSSR count). The van der Waals surface area contributed by atoms with Crippen molar-refractivity contribution < 1.29 is 9.53 Å². The highest BCUT2D eigenvalue weighted by molar-refractivity contribution is 8.00. The molecule has 0 saturated heterocycles. The van der Waals surface area contributed by atoms with Crippen LogP contribution in [0.25, 0.3) is 0 Å². The number of thiazole rings is 1. The van der Waals surface area contributed by atoms with Crippen LogP contribution in [0.15, 0.2) is 22.8 Å². The SMILES string of the molecule is COc1c(C)cnc(CN2NC3CC(C(=O)Nc4nccs4)Sc4nc(N)nc2c43)c1C. The van der Waals surface area contributed by atoms with Gasteiger partial charge in [-0.3, -0.25) is 14.8 Å². The van der Waals surface area contributed by atoms with E-state index in [1.54, 1.807) is 13.3 Å². The maximum absolute atomic E-state index is 12.9. The van der Waals surface area contributed by atoms with Crippen molar-refractivity contribution in [1.82, 2.24) is 25.4 Å². The first kappa shape index (κ1) is 20.9. The summed E-state index contributed by atoms with van der Waals surface area (Å²) >= 11 is 2.80. The number of nitrogen functional groups attached to an aromatic ring is 1. The van der Waals surface area contributed by atoms with E-state index in [1.807, 2.05) is 30.4 Å². The van der Waals surface area contributed by atoms with E-state index < -0.39 is 0 Å². The molecule has 0 aromatic carbocycles. The molecular formula is C20H22N8O2S2. The molecule has 3 aromatic rings. The quantitative estimate of drug-likeness (QED) is 0.478. The number of hydrogen-bond acceptors (Lipinski definition) is 11. The van der Waals surface area contributed by atoms with Crippen LogP contribution in [0.4, 0.5) is 16.9 Å². The number of carbonyl (C=O) groups excluding carboxylic acids is 1. The lowest BCUT2D eigenvalue weighted by Crippen LogP contribution is -2.38. The Balaban J connectivity index is 1.42. The molecule has 12 heteroatoms. The van der Waals surface area contributed by atoms with E-state index in [0.29, 0.717) is 18.1 Å². The fourth-order valence-electron chi connectivity index (χ4n) is 4.07. The number of methoxy groups -OCH3 is 1. The van der Waals surface area contributed by atoms with Gasteiger partial charge in [0.15, 0.2) is 10.9 Å². The van der Waals surface area contributed by atoms with Gasteiger partial charge in [0.05, 0.1) is 30.6 Å². The van der Waals surface area contributed by atoms with Crippen LogP contribution in [0.1, 0.15) is 34.8 Å². The molecule has 2 aliphatic heterocycles. The number of carbonyl (C=O) groups is 1. The monoisotopic (exact) mass is 470 g/mol. The third-order valence-corrected chi connectivity index (χ3v) is 7.45. The number of nitrogens with one attached hydrogen (secondary N) is 2. The van der Waals surface area contributed by atoms with Gasteiger partial charge in [0.1, 0.15) is 10.8 Å². The van der Waals surface area contributed by atoms with Crippen molar-refractivity contribution in [3.8, 4) is 5.75 Å². The summed E-state index contributed by atoms with van der Waals surface area (Å²) in [6.45, 7) is 4.44. The van der Waals surface area contributed by atoms with E-state index >= 15 is 0 Å². The Morgan fingerprint density at radius 3 is 2.97 bits per heavy atom. The van der Waals surface area contributed by atoms with E-state index in [-0.39, 0.29) is 23.1 Å². The number of nitrogens with two attached hydrogens (primary N) is 1. The van der Waals surface area contributed by atoms with Gasteiger partial charge in [0.25, 0.3) is 0 Å². The second-order valence-corrected chi connectivity index (χ2v) is 9.69. The minimum Gasteiger partial charge on any atom is -0.496 e. The van der Waals surface area contributed by atoms with Crippen LogP contribution in [-0.2, 0) is 11.3 Å². The van der Waals surface area contributed by atoms with E-state index in [1.165, 1.54) is 23.1 Å². The molecule has 4 N–H and O–H groups in total. The summed E-state index contributed by atoms with van der Waals surface area (Å²) in [5, 5.41) is 7.63. The standard InChI is InChI=1S/C20H22N8O2S2/c1-9-7-23-12(10(2)15(9)30-3)8-28-16-14-11(27-28)6-13(32-18(14)26-19(21)24-16)17(29)25-20-22-4-5-31-20/h4-5,7,11,13,27H,6,8H2,1-3H3,(H2,21,24,26)(H,22,25,29). The molecule has 0 saturated carbocycles. The Labute approximate surface area is 193 Å². The molecule has 0 spiro atoms. The molecule has 10 nitrogen and oxygen atoms in total. The van der Waals surface area contributed by atoms with Gasteiger partial charge < -0.3 is 15.8 Å². The molecule has 0 fully saturated rings. The number of pyridine rings is 1. The number of amides is 1. The molecule has 32 heavy (non-hydrogen) atoms. The average molecular weight is 471 g/mol. The summed E-state index contributed by atoms with van der Waals surface area (Å²) in [5.74, 6) is 1.62. The van der Waals surface area contributed by atoms with Crippen molar-refractivity contribution in [1.29, 1.82) is 0 Å². The molecule has 2 unspecified atom stereocenters. The van der Waals surface area contributed by atoms with Gasteiger partial charge >= 0.3 is 0 Å². The Bertz CT molecular complexity index is 1190. The molecule has 2 atom stereocenters. The van der Waals surface area contributed by atoms with Crippen LogP contribution < -0.4 is 26.2 Å². The Hall–Kier alpha value is -2.96. The zero-order valence-electron chi connectivity index (χ0n) is 17.7. The molecule has 166 valence electrons. The van der Waals surface area contributed by atoms with Crippen LogP contribution in [0.5, 0.6) is 5.75 Å². The topological polar surface area (TPSA) is 131 Å². The van der Waals surface area contributed by atoms with Crippen LogP contribution in [0.3, 0.4) is 0 Å². The van der Waals surface area contributed by atoms with Gasteiger partial charge in [-0.05, 0) is 20.3 Å². The fourth-order valence-corrected chi connectivity index (χ4v) is 5.83. The van der Waals surface area contributed by atoms with Gasteiger partial charge in [-0.15, -0.1) is 11.3 Å². The van der Waals surface area contributed by atoms with Crippen LogP contribution >= 0.6 is 23.1 Å². The molecule has 2 aliphatic rings. The Morgan fingerprint density at radius 1 is 1.38 bits per heavy atom. The van der Waals surface area contributed by atoms with Gasteiger partial charge in [0.2, 0.25) is 11.9 Å². The lowest BCUT2D eigenvalue weighted by Gasteiger charge is -2.26. The predicted molar refractivity (Wildman–Crippen MR) is 124 cm³/mol. The number of thioether (sulfide) groups is 1. The minimum atomic E-state index is -0.328. The van der Waals surface area contributed by atoms with Gasteiger partial charge in [0, 0.05) is 34.5 Å². The summed E-state index contributed by atoms with van der Waals surface area (Å²) in [5.41, 5.74) is 13.3. The summed E-state index contributed by atoms with van der Waals surface area (Å²) < 4.78 is 5.55. The normalized spacial score (nSPS) is 19.0. The average Bonchev–Trinajstić information content (AvgIpc) is 3.39. The summed E-state index contributed by atoms with van der Waals surface area (Å²) in [6.07, 6.45) is 4.06. The number of anilines is 3. The zero-order valence-corrected chi connectivity index (χ0v) is 19.4. The maximum atomic E-state index is 12.9. The molecule has 1 amide bonds. The number of hydrogen-bond donors (Lipinski definition) is 3. The number of ether oxygens (including phenoxy) is 1. The van der Waals surface area contributed by atoms with Crippen LogP contribution in [0, 0.1) is 13.8 Å². The van der Waals surface area contributed by atoms with E-state index in [4.69, 9.17) is 10.5 Å². The van der Waals surface area contributed by atoms with Crippen molar-refractivity contribution in [2.24, 2.45) is 0 Å². The van der Waals surface area contributed by atoms with Crippen molar-refractivity contribution in [3.05, 3.63) is 40.2 Å². The number of nitrogens with zero attached hydrogens (tertiary/aromatic N) is 5. The molecule has 0 radical (unpaired) electrons. The van der Waals surface area contributed by atoms with E-state index in [0.717, 1.165) is 39.0 Å². The van der Waals surface area contributed by atoms with Crippen molar-refractivity contribution in [2.45, 2.75) is 43.1 Å². The second kappa shape index (κ2) is 8.19.